The molecule has 0 atom stereocenters. The molecule has 0 bridgehead atoms. The van der Waals surface area contributed by atoms with E-state index in [1.54, 1.807) is 0 Å². The van der Waals surface area contributed by atoms with Crippen molar-refractivity contribution in [3.8, 4) is 0 Å². The lowest BCUT2D eigenvalue weighted by atomic mass is 9.64. The second-order valence-electron chi connectivity index (χ2n) is 5.40. The van der Waals surface area contributed by atoms with Gasteiger partial charge in [0.05, 0.1) is 6.61 Å². The summed E-state index contributed by atoms with van der Waals surface area (Å²) in [5, 5.41) is 0. The lowest BCUT2D eigenvalue weighted by Gasteiger charge is -2.07. The van der Waals surface area contributed by atoms with Crippen molar-refractivity contribution in [1.82, 2.24) is 0 Å². The van der Waals surface area contributed by atoms with Crippen molar-refractivity contribution >= 4 is 18.2 Å². The largest absolute Gasteiger partial charge is 0.427 e. The van der Waals surface area contributed by atoms with Gasteiger partial charge in [-0.25, -0.2) is 0 Å². The first-order chi connectivity index (χ1) is 9.65. The van der Waals surface area contributed by atoms with E-state index in [0.29, 0.717) is 13.0 Å². The highest BCUT2D eigenvalue weighted by molar-refractivity contribution is 6.67. The van der Waals surface area contributed by atoms with Crippen molar-refractivity contribution in [3.63, 3.8) is 0 Å². The zero-order chi connectivity index (χ0) is 14.1. The highest BCUT2D eigenvalue weighted by Gasteiger charge is 2.23. The molecule has 0 unspecified atom stereocenters. The maximum atomic E-state index is 12.4. The van der Waals surface area contributed by atoms with Gasteiger partial charge in [-0.15, -0.1) is 0 Å². The third-order valence-electron chi connectivity index (χ3n) is 3.95. The molecule has 0 aliphatic carbocycles. The molecule has 3 heteroatoms. The van der Waals surface area contributed by atoms with Crippen molar-refractivity contribution in [2.75, 3.05) is 0 Å². The van der Waals surface area contributed by atoms with Gasteiger partial charge in [0.25, 0.3) is 0 Å². The zero-order valence-corrected chi connectivity index (χ0v) is 11.8. The molecular formula is C17H17BO2. The molecule has 0 radical (unpaired) electrons. The zero-order valence-electron chi connectivity index (χ0n) is 11.8. The second-order valence-corrected chi connectivity index (χ2v) is 5.40. The third kappa shape index (κ3) is 2.41. The van der Waals surface area contributed by atoms with Gasteiger partial charge in [0.15, 0.2) is 5.78 Å². The highest BCUT2D eigenvalue weighted by Crippen LogP contribution is 2.15. The number of carbonyl (C=O) groups excluding carboxylic acids is 1. The number of hydrogen-bond acceptors (Lipinski definition) is 2. The lowest BCUT2D eigenvalue weighted by molar-refractivity contribution is 0.0992. The number of carbonyl (C=O) groups is 1. The molecule has 0 saturated carbocycles. The number of fused-ring (bicyclic) bond motifs is 1. The first-order valence-electron chi connectivity index (χ1n) is 6.97. The fourth-order valence-electron chi connectivity index (χ4n) is 2.74. The number of aryl methyl sites for hydroxylation is 1. The van der Waals surface area contributed by atoms with E-state index < -0.39 is 0 Å². The van der Waals surface area contributed by atoms with E-state index in [2.05, 4.69) is 19.0 Å². The van der Waals surface area contributed by atoms with Crippen LogP contribution in [0.2, 0.25) is 6.82 Å². The number of Topliss-reactive ketones (excluding diaryl/α,β-unsaturated/α-hetero) is 1. The Morgan fingerprint density at radius 3 is 2.85 bits per heavy atom. The monoisotopic (exact) mass is 264 g/mol. The average Bonchev–Trinajstić information content (AvgIpc) is 2.81. The maximum absolute atomic E-state index is 12.4. The SMILES string of the molecule is CB1OCc2ccc(CC(=O)c3ccccc3C)cc21. The van der Waals surface area contributed by atoms with Crippen LogP contribution >= 0.6 is 0 Å². The smallest absolute Gasteiger partial charge is 0.324 e. The molecule has 1 aliphatic rings. The Balaban J connectivity index is 1.84. The van der Waals surface area contributed by atoms with Gasteiger partial charge in [0, 0.05) is 12.0 Å². The molecule has 2 nitrogen and oxygen atoms in total. The molecule has 0 saturated heterocycles. The first kappa shape index (κ1) is 13.1. The van der Waals surface area contributed by atoms with Crippen molar-refractivity contribution in [2.24, 2.45) is 0 Å². The Bertz CT molecular complexity index is 664. The van der Waals surface area contributed by atoms with Gasteiger partial charge in [-0.3, -0.25) is 4.79 Å². The van der Waals surface area contributed by atoms with E-state index in [1.807, 2.05) is 37.3 Å². The summed E-state index contributed by atoms with van der Waals surface area (Å²) in [6.07, 6.45) is 0.449. The van der Waals surface area contributed by atoms with Gasteiger partial charge in [0.1, 0.15) is 0 Å². The van der Waals surface area contributed by atoms with Gasteiger partial charge in [0.2, 0.25) is 0 Å². The summed E-state index contributed by atoms with van der Waals surface area (Å²) in [5.41, 5.74) is 5.38. The Morgan fingerprint density at radius 2 is 2.05 bits per heavy atom. The molecule has 2 aromatic rings. The van der Waals surface area contributed by atoms with Crippen LogP contribution in [0.3, 0.4) is 0 Å². The Kier molecular flexibility index (Phi) is 3.45. The molecule has 0 aromatic heterocycles. The lowest BCUT2D eigenvalue weighted by Crippen LogP contribution is -2.24. The van der Waals surface area contributed by atoms with Gasteiger partial charge in [-0.1, -0.05) is 49.3 Å². The second kappa shape index (κ2) is 5.26. The summed E-state index contributed by atoms with van der Waals surface area (Å²) >= 11 is 0. The highest BCUT2D eigenvalue weighted by atomic mass is 16.4. The quantitative estimate of drug-likeness (QED) is 0.629. The van der Waals surface area contributed by atoms with Crippen molar-refractivity contribution in [1.29, 1.82) is 0 Å². The van der Waals surface area contributed by atoms with Crippen LogP contribution in [0.25, 0.3) is 0 Å². The van der Waals surface area contributed by atoms with Crippen LogP contribution in [0.1, 0.15) is 27.0 Å². The molecule has 2 aromatic carbocycles. The number of hydrogen-bond donors (Lipinski definition) is 0. The van der Waals surface area contributed by atoms with E-state index in [4.69, 9.17) is 4.65 Å². The standard InChI is InChI=1S/C17H17BO2/c1-12-5-3-4-6-15(12)17(19)10-13-7-8-14-11-20-18(2)16(14)9-13/h3-9H,10-11H2,1-2H3. The van der Waals surface area contributed by atoms with Gasteiger partial charge < -0.3 is 4.65 Å². The number of ketones is 1. The minimum atomic E-state index is 0.138. The molecule has 20 heavy (non-hydrogen) atoms. The summed E-state index contributed by atoms with van der Waals surface area (Å²) in [5.74, 6) is 0.176. The van der Waals surface area contributed by atoms with E-state index in [0.717, 1.165) is 16.7 Å². The summed E-state index contributed by atoms with van der Waals surface area (Å²) in [6.45, 7) is 4.85. The maximum Gasteiger partial charge on any atom is 0.324 e. The van der Waals surface area contributed by atoms with Crippen LogP contribution in [0.5, 0.6) is 0 Å². The number of benzene rings is 2. The van der Waals surface area contributed by atoms with E-state index in [-0.39, 0.29) is 12.7 Å². The molecule has 3 rings (SSSR count). The van der Waals surface area contributed by atoms with Crippen molar-refractivity contribution in [3.05, 3.63) is 64.7 Å². The van der Waals surface area contributed by atoms with Gasteiger partial charge >= 0.3 is 6.92 Å². The number of rotatable bonds is 3. The first-order valence-corrected chi connectivity index (χ1v) is 6.97. The van der Waals surface area contributed by atoms with Crippen LogP contribution < -0.4 is 5.46 Å². The van der Waals surface area contributed by atoms with Crippen LogP contribution in [0, 0.1) is 6.92 Å². The molecule has 0 fully saturated rings. The third-order valence-corrected chi connectivity index (χ3v) is 3.95. The van der Waals surface area contributed by atoms with E-state index in [1.165, 1.54) is 11.0 Å². The Hall–Kier alpha value is -1.87. The fraction of sp³-hybridized carbons (Fsp3) is 0.235. The molecule has 0 N–H and O–H groups in total. The summed E-state index contributed by atoms with van der Waals surface area (Å²) in [7, 11) is 0. The minimum Gasteiger partial charge on any atom is -0.427 e. The molecule has 100 valence electrons. The summed E-state index contributed by atoms with van der Waals surface area (Å²) in [4.78, 5) is 12.4. The van der Waals surface area contributed by atoms with Gasteiger partial charge in [-0.05, 0) is 29.1 Å². The van der Waals surface area contributed by atoms with Crippen LogP contribution in [-0.2, 0) is 17.7 Å². The van der Waals surface area contributed by atoms with Crippen molar-refractivity contribution in [2.45, 2.75) is 26.8 Å². The molecule has 1 aliphatic heterocycles. The molecule has 1 heterocycles. The van der Waals surface area contributed by atoms with Gasteiger partial charge in [-0.2, -0.15) is 0 Å². The minimum absolute atomic E-state index is 0.138. The topological polar surface area (TPSA) is 26.3 Å². The predicted molar refractivity (Wildman–Crippen MR) is 81.7 cm³/mol. The Morgan fingerprint density at radius 1 is 1.25 bits per heavy atom. The Labute approximate surface area is 119 Å². The molecule has 0 amide bonds. The molecule has 0 spiro atoms. The summed E-state index contributed by atoms with van der Waals surface area (Å²) in [6, 6.07) is 14.0. The normalized spacial score (nSPS) is 13.4. The molecular weight excluding hydrogens is 247 g/mol. The fourth-order valence-corrected chi connectivity index (χ4v) is 2.74. The van der Waals surface area contributed by atoms with Crippen LogP contribution in [-0.4, -0.2) is 12.7 Å². The van der Waals surface area contributed by atoms with Crippen LogP contribution in [0.15, 0.2) is 42.5 Å². The van der Waals surface area contributed by atoms with E-state index in [9.17, 15) is 4.79 Å². The summed E-state index contributed by atoms with van der Waals surface area (Å²) < 4.78 is 5.60. The average molecular weight is 264 g/mol. The van der Waals surface area contributed by atoms with Crippen molar-refractivity contribution < 1.29 is 9.45 Å². The van der Waals surface area contributed by atoms with E-state index >= 15 is 0 Å². The predicted octanol–water partition coefficient (Wildman–Crippen LogP) is 2.78. The van der Waals surface area contributed by atoms with Crippen LogP contribution in [0.4, 0.5) is 0 Å².